The second-order valence-corrected chi connectivity index (χ2v) is 4.78. The second-order valence-electron chi connectivity index (χ2n) is 3.07. The number of anilines is 1. The molecule has 0 heterocycles. The highest BCUT2D eigenvalue weighted by atomic mass is 79.9. The molecule has 1 aromatic rings. The average molecular weight is 363 g/mol. The number of benzene rings is 1. The van der Waals surface area contributed by atoms with Gasteiger partial charge in [0, 0.05) is 20.6 Å². The van der Waals surface area contributed by atoms with E-state index in [0.717, 1.165) is 12.2 Å². The molecule has 0 aliphatic heterocycles. The molecule has 17 heavy (non-hydrogen) atoms. The number of methoxy groups -OCH3 is 1. The van der Waals surface area contributed by atoms with E-state index in [9.17, 15) is 9.59 Å². The van der Waals surface area contributed by atoms with E-state index < -0.39 is 5.97 Å². The number of esters is 1. The summed E-state index contributed by atoms with van der Waals surface area (Å²) in [5, 5.41) is 0. The molecule has 0 atom stereocenters. The zero-order valence-electron chi connectivity index (χ0n) is 8.87. The molecule has 0 aliphatic carbocycles. The Labute approximate surface area is 115 Å². The predicted molar refractivity (Wildman–Crippen MR) is 71.7 cm³/mol. The van der Waals surface area contributed by atoms with Crippen molar-refractivity contribution in [2.75, 3.05) is 12.8 Å². The zero-order chi connectivity index (χ0) is 13.0. The number of hydrogen-bond donors (Lipinski definition) is 1. The normalized spacial score (nSPS) is 10.5. The first-order valence-corrected chi connectivity index (χ1v) is 6.09. The van der Waals surface area contributed by atoms with Gasteiger partial charge in [-0.05, 0) is 50.1 Å². The van der Waals surface area contributed by atoms with E-state index in [-0.39, 0.29) is 5.78 Å². The fraction of sp³-hybridized carbons (Fsp3) is 0.0909. The number of halogens is 2. The molecule has 6 heteroatoms. The summed E-state index contributed by atoms with van der Waals surface area (Å²) in [5.41, 5.74) is 6.62. The van der Waals surface area contributed by atoms with Crippen molar-refractivity contribution < 1.29 is 14.3 Å². The summed E-state index contributed by atoms with van der Waals surface area (Å²) < 4.78 is 5.61. The van der Waals surface area contributed by atoms with Gasteiger partial charge in [0.05, 0.1) is 12.8 Å². The predicted octanol–water partition coefficient (Wildman–Crippen LogP) is 2.71. The van der Waals surface area contributed by atoms with Crippen molar-refractivity contribution in [1.82, 2.24) is 0 Å². The maximum atomic E-state index is 11.7. The summed E-state index contributed by atoms with van der Waals surface area (Å²) in [6.07, 6.45) is 2.22. The molecule has 2 N–H and O–H groups in total. The Kier molecular flexibility index (Phi) is 4.89. The minimum Gasteiger partial charge on any atom is -0.466 e. The molecule has 0 aromatic heterocycles. The highest BCUT2D eigenvalue weighted by molar-refractivity contribution is 9.11. The molecule has 1 rings (SSSR count). The van der Waals surface area contributed by atoms with Crippen LogP contribution in [0.3, 0.4) is 0 Å². The molecule has 0 spiro atoms. The van der Waals surface area contributed by atoms with Crippen LogP contribution in [0.2, 0.25) is 0 Å². The highest BCUT2D eigenvalue weighted by Crippen LogP contribution is 2.29. The van der Waals surface area contributed by atoms with Crippen LogP contribution in [0, 0.1) is 0 Å². The number of carbonyl (C=O) groups is 2. The van der Waals surface area contributed by atoms with Crippen LogP contribution >= 0.6 is 31.9 Å². The van der Waals surface area contributed by atoms with Gasteiger partial charge in [-0.1, -0.05) is 0 Å². The summed E-state index contributed by atoms with van der Waals surface area (Å²) >= 11 is 6.47. The lowest BCUT2D eigenvalue weighted by atomic mass is 10.1. The third-order valence-electron chi connectivity index (χ3n) is 1.94. The molecule has 0 amide bonds. The zero-order valence-corrected chi connectivity index (χ0v) is 12.0. The Hall–Kier alpha value is -1.14. The largest absolute Gasteiger partial charge is 0.466 e. The summed E-state index contributed by atoms with van der Waals surface area (Å²) in [6, 6.07) is 3.17. The van der Waals surface area contributed by atoms with E-state index in [0.29, 0.717) is 20.2 Å². The van der Waals surface area contributed by atoms with Crippen molar-refractivity contribution in [3.63, 3.8) is 0 Å². The van der Waals surface area contributed by atoms with Crippen molar-refractivity contribution in [3.05, 3.63) is 38.8 Å². The van der Waals surface area contributed by atoms with Crippen LogP contribution in [0.4, 0.5) is 5.69 Å². The maximum Gasteiger partial charge on any atom is 0.330 e. The lowest BCUT2D eigenvalue weighted by Crippen LogP contribution is -2.00. The van der Waals surface area contributed by atoms with Gasteiger partial charge in [-0.3, -0.25) is 4.79 Å². The molecule has 0 unspecified atom stereocenters. The molecule has 0 fully saturated rings. The molecule has 0 saturated carbocycles. The van der Waals surface area contributed by atoms with E-state index in [2.05, 4.69) is 36.6 Å². The summed E-state index contributed by atoms with van der Waals surface area (Å²) in [5.74, 6) is -0.885. The van der Waals surface area contributed by atoms with E-state index in [4.69, 9.17) is 5.73 Å². The Balaban J connectivity index is 2.98. The van der Waals surface area contributed by atoms with Crippen LogP contribution in [-0.2, 0) is 9.53 Å². The van der Waals surface area contributed by atoms with Crippen molar-refractivity contribution in [2.24, 2.45) is 0 Å². The van der Waals surface area contributed by atoms with Gasteiger partial charge in [0.15, 0.2) is 5.78 Å². The van der Waals surface area contributed by atoms with Gasteiger partial charge in [-0.2, -0.15) is 0 Å². The quantitative estimate of drug-likeness (QED) is 0.388. The first-order valence-electron chi connectivity index (χ1n) is 4.50. The van der Waals surface area contributed by atoms with Gasteiger partial charge in [-0.15, -0.1) is 0 Å². The summed E-state index contributed by atoms with van der Waals surface area (Å²) in [7, 11) is 1.24. The monoisotopic (exact) mass is 361 g/mol. The Morgan fingerprint density at radius 2 is 1.76 bits per heavy atom. The van der Waals surface area contributed by atoms with Gasteiger partial charge in [0.25, 0.3) is 0 Å². The summed E-state index contributed by atoms with van der Waals surface area (Å²) in [4.78, 5) is 22.5. The molecule has 4 nitrogen and oxygen atoms in total. The Morgan fingerprint density at radius 1 is 1.24 bits per heavy atom. The number of carbonyl (C=O) groups excluding carboxylic acids is 2. The van der Waals surface area contributed by atoms with Crippen molar-refractivity contribution >= 4 is 49.3 Å². The summed E-state index contributed by atoms with van der Waals surface area (Å²) in [6.45, 7) is 0. The topological polar surface area (TPSA) is 69.4 Å². The van der Waals surface area contributed by atoms with Gasteiger partial charge in [0.1, 0.15) is 0 Å². The van der Waals surface area contributed by atoms with Crippen LogP contribution in [0.5, 0.6) is 0 Å². The highest BCUT2D eigenvalue weighted by Gasteiger charge is 2.09. The van der Waals surface area contributed by atoms with Gasteiger partial charge in [-0.25, -0.2) is 4.79 Å². The SMILES string of the molecule is COC(=O)C=CC(=O)c1cc(Br)c(N)c(Br)c1. The average Bonchev–Trinajstić information content (AvgIpc) is 2.31. The van der Waals surface area contributed by atoms with Crippen molar-refractivity contribution in [3.8, 4) is 0 Å². The Morgan fingerprint density at radius 3 is 2.24 bits per heavy atom. The first kappa shape index (κ1) is 13.9. The lowest BCUT2D eigenvalue weighted by Gasteiger charge is -2.04. The van der Waals surface area contributed by atoms with E-state index >= 15 is 0 Å². The molecule has 0 bridgehead atoms. The third-order valence-corrected chi connectivity index (χ3v) is 3.25. The minimum absolute atomic E-state index is 0.309. The van der Waals surface area contributed by atoms with E-state index in [1.54, 1.807) is 12.1 Å². The fourth-order valence-corrected chi connectivity index (χ4v) is 2.22. The third kappa shape index (κ3) is 3.67. The van der Waals surface area contributed by atoms with Crippen molar-refractivity contribution in [2.45, 2.75) is 0 Å². The second kappa shape index (κ2) is 5.97. The number of allylic oxidation sites excluding steroid dienone is 1. The molecule has 0 saturated heterocycles. The molecular weight excluding hydrogens is 354 g/mol. The molecular formula is C11H9Br2NO3. The molecule has 0 radical (unpaired) electrons. The van der Waals surface area contributed by atoms with Crippen LogP contribution in [0.25, 0.3) is 0 Å². The minimum atomic E-state index is -0.577. The number of ketones is 1. The van der Waals surface area contributed by atoms with Gasteiger partial charge < -0.3 is 10.5 Å². The molecule has 0 aliphatic rings. The van der Waals surface area contributed by atoms with Gasteiger partial charge in [0.2, 0.25) is 0 Å². The number of nitrogen functional groups attached to an aromatic ring is 1. The van der Waals surface area contributed by atoms with E-state index in [1.165, 1.54) is 7.11 Å². The van der Waals surface area contributed by atoms with Crippen LogP contribution in [-0.4, -0.2) is 18.9 Å². The standard InChI is InChI=1S/C11H9Br2NO3/c1-17-10(16)3-2-9(15)6-4-7(12)11(14)8(13)5-6/h2-5H,14H2,1H3. The number of ether oxygens (including phenoxy) is 1. The number of rotatable bonds is 3. The molecule has 90 valence electrons. The van der Waals surface area contributed by atoms with Crippen molar-refractivity contribution in [1.29, 1.82) is 0 Å². The van der Waals surface area contributed by atoms with Gasteiger partial charge >= 0.3 is 5.97 Å². The lowest BCUT2D eigenvalue weighted by molar-refractivity contribution is -0.134. The maximum absolute atomic E-state index is 11.7. The van der Waals surface area contributed by atoms with Crippen LogP contribution < -0.4 is 5.73 Å². The number of hydrogen-bond acceptors (Lipinski definition) is 4. The Bertz CT molecular complexity index is 474. The smallest absolute Gasteiger partial charge is 0.330 e. The fourth-order valence-electron chi connectivity index (χ4n) is 1.03. The molecule has 1 aromatic carbocycles. The first-order chi connectivity index (χ1) is 7.95. The number of nitrogens with two attached hydrogens (primary N) is 1. The van der Waals surface area contributed by atoms with E-state index in [1.807, 2.05) is 0 Å². The van der Waals surface area contributed by atoms with Crippen LogP contribution in [0.1, 0.15) is 10.4 Å². The van der Waals surface area contributed by atoms with Crippen LogP contribution in [0.15, 0.2) is 33.2 Å².